The van der Waals surface area contributed by atoms with Gasteiger partial charge in [0.05, 0.1) is 0 Å². The first-order valence-corrected chi connectivity index (χ1v) is 9.91. The van der Waals surface area contributed by atoms with E-state index in [1.165, 1.54) is 24.3 Å². The predicted molar refractivity (Wildman–Crippen MR) is 110 cm³/mol. The molecule has 0 unspecified atom stereocenters. The highest BCUT2D eigenvalue weighted by atomic mass is 32.1. The Hall–Kier alpha value is -3.00. The number of rotatable bonds is 7. The summed E-state index contributed by atoms with van der Waals surface area (Å²) < 4.78 is 28.8. The summed E-state index contributed by atoms with van der Waals surface area (Å²) in [6, 6.07) is 13.4. The van der Waals surface area contributed by atoms with Gasteiger partial charge < -0.3 is 15.0 Å². The highest BCUT2D eigenvalue weighted by molar-refractivity contribution is 7.13. The minimum atomic E-state index is -2.88. The van der Waals surface area contributed by atoms with Crippen LogP contribution in [0.15, 0.2) is 60.1 Å². The number of carbonyl (C=O) groups is 1. The number of halogens is 2. The number of amides is 2. The summed E-state index contributed by atoms with van der Waals surface area (Å²) in [7, 11) is 0. The molecule has 2 amide bonds. The SMILES string of the molecule is CC(C)N(Cc1cccc(-c2nccs2)c1)C(=O)Nc1ccc(OC(F)F)cc1. The largest absolute Gasteiger partial charge is 0.435 e. The van der Waals surface area contributed by atoms with Gasteiger partial charge >= 0.3 is 12.6 Å². The average Bonchev–Trinajstić information content (AvgIpc) is 3.22. The Morgan fingerprint density at radius 2 is 1.97 bits per heavy atom. The second kappa shape index (κ2) is 9.47. The van der Waals surface area contributed by atoms with Crippen LogP contribution in [0, 0.1) is 0 Å². The quantitative estimate of drug-likeness (QED) is 0.524. The van der Waals surface area contributed by atoms with E-state index in [1.807, 2.05) is 43.5 Å². The number of urea groups is 1. The molecule has 0 fully saturated rings. The van der Waals surface area contributed by atoms with Crippen molar-refractivity contribution in [2.75, 3.05) is 5.32 Å². The molecule has 2 aromatic carbocycles. The molecular formula is C21H21F2N3O2S. The normalized spacial score (nSPS) is 11.0. The highest BCUT2D eigenvalue weighted by Crippen LogP contribution is 2.24. The van der Waals surface area contributed by atoms with Crippen LogP contribution in [0.4, 0.5) is 19.3 Å². The van der Waals surface area contributed by atoms with Crippen molar-refractivity contribution in [3.05, 3.63) is 65.7 Å². The van der Waals surface area contributed by atoms with Gasteiger partial charge in [0.2, 0.25) is 0 Å². The number of hydrogen-bond acceptors (Lipinski definition) is 4. The third kappa shape index (κ3) is 5.74. The average molecular weight is 417 g/mol. The lowest BCUT2D eigenvalue weighted by Crippen LogP contribution is -2.39. The van der Waals surface area contributed by atoms with Crippen LogP contribution >= 0.6 is 11.3 Å². The lowest BCUT2D eigenvalue weighted by Gasteiger charge is -2.27. The summed E-state index contributed by atoms with van der Waals surface area (Å²) in [5, 5.41) is 5.65. The fourth-order valence-electron chi connectivity index (χ4n) is 2.77. The number of carbonyl (C=O) groups excluding carboxylic acids is 1. The standard InChI is InChI=1S/C21H21F2N3O2S/c1-14(2)26(13-15-4-3-5-16(12-15)19-24-10-11-29-19)21(27)25-17-6-8-18(9-7-17)28-20(22)23/h3-12,14,20H,13H2,1-2H3,(H,25,27). The molecule has 0 radical (unpaired) electrons. The monoisotopic (exact) mass is 417 g/mol. The van der Waals surface area contributed by atoms with Crippen molar-refractivity contribution in [3.8, 4) is 16.3 Å². The van der Waals surface area contributed by atoms with Gasteiger partial charge in [-0.2, -0.15) is 8.78 Å². The zero-order valence-electron chi connectivity index (χ0n) is 16.0. The summed E-state index contributed by atoms with van der Waals surface area (Å²) in [4.78, 5) is 18.8. The molecule has 29 heavy (non-hydrogen) atoms. The number of benzene rings is 2. The molecule has 0 saturated heterocycles. The van der Waals surface area contributed by atoms with Crippen molar-refractivity contribution in [3.63, 3.8) is 0 Å². The number of aromatic nitrogens is 1. The topological polar surface area (TPSA) is 54.5 Å². The predicted octanol–water partition coefficient (Wildman–Crippen LogP) is 5.85. The molecule has 152 valence electrons. The van der Waals surface area contributed by atoms with Crippen LogP contribution in [-0.2, 0) is 6.54 Å². The van der Waals surface area contributed by atoms with E-state index in [2.05, 4.69) is 15.0 Å². The number of alkyl halides is 2. The summed E-state index contributed by atoms with van der Waals surface area (Å²) in [5.41, 5.74) is 2.50. The van der Waals surface area contributed by atoms with Gasteiger partial charge in [0, 0.05) is 35.4 Å². The number of anilines is 1. The molecule has 0 aliphatic carbocycles. The van der Waals surface area contributed by atoms with Crippen LogP contribution in [0.25, 0.3) is 10.6 Å². The molecule has 3 aromatic rings. The molecule has 8 heteroatoms. The van der Waals surface area contributed by atoms with Crippen molar-refractivity contribution in [1.29, 1.82) is 0 Å². The van der Waals surface area contributed by atoms with E-state index in [0.717, 1.165) is 16.1 Å². The maximum Gasteiger partial charge on any atom is 0.387 e. The van der Waals surface area contributed by atoms with E-state index in [4.69, 9.17) is 0 Å². The van der Waals surface area contributed by atoms with E-state index < -0.39 is 6.61 Å². The Morgan fingerprint density at radius 1 is 1.21 bits per heavy atom. The molecule has 1 N–H and O–H groups in total. The molecule has 0 aliphatic rings. The minimum absolute atomic E-state index is 0.0396. The molecule has 3 rings (SSSR count). The van der Waals surface area contributed by atoms with Crippen LogP contribution in [0.3, 0.4) is 0 Å². The van der Waals surface area contributed by atoms with Gasteiger partial charge in [0.15, 0.2) is 0 Å². The zero-order chi connectivity index (χ0) is 20.8. The summed E-state index contributed by atoms with van der Waals surface area (Å²) in [6.45, 7) is 1.41. The Kier molecular flexibility index (Phi) is 6.77. The number of thiazole rings is 1. The summed E-state index contributed by atoms with van der Waals surface area (Å²) in [5.74, 6) is 0.0396. The second-order valence-corrected chi connectivity index (χ2v) is 7.49. The van der Waals surface area contributed by atoms with Crippen LogP contribution in [-0.4, -0.2) is 28.6 Å². The first-order chi connectivity index (χ1) is 13.9. The van der Waals surface area contributed by atoms with Gasteiger partial charge in [-0.15, -0.1) is 11.3 Å². The van der Waals surface area contributed by atoms with Crippen molar-refractivity contribution in [1.82, 2.24) is 9.88 Å². The number of hydrogen-bond donors (Lipinski definition) is 1. The van der Waals surface area contributed by atoms with E-state index in [9.17, 15) is 13.6 Å². The molecule has 5 nitrogen and oxygen atoms in total. The number of ether oxygens (including phenoxy) is 1. The zero-order valence-corrected chi connectivity index (χ0v) is 16.8. The van der Waals surface area contributed by atoms with E-state index in [1.54, 1.807) is 22.4 Å². The Morgan fingerprint density at radius 3 is 2.59 bits per heavy atom. The summed E-state index contributed by atoms with van der Waals surface area (Å²) >= 11 is 1.56. The van der Waals surface area contributed by atoms with E-state index in [-0.39, 0.29) is 17.8 Å². The molecule has 1 aromatic heterocycles. The molecule has 0 atom stereocenters. The van der Waals surface area contributed by atoms with Gasteiger partial charge in [-0.3, -0.25) is 0 Å². The third-order valence-corrected chi connectivity index (χ3v) is 5.00. The molecule has 1 heterocycles. The molecule has 0 saturated carbocycles. The van der Waals surface area contributed by atoms with Gasteiger partial charge in [0.25, 0.3) is 0 Å². The number of nitrogens with one attached hydrogen (secondary N) is 1. The van der Waals surface area contributed by atoms with Crippen LogP contribution < -0.4 is 10.1 Å². The van der Waals surface area contributed by atoms with Gasteiger partial charge in [-0.1, -0.05) is 18.2 Å². The first-order valence-electron chi connectivity index (χ1n) is 9.03. The molecule has 0 aliphatic heterocycles. The first kappa shape index (κ1) is 20.7. The van der Waals surface area contributed by atoms with Crippen molar-refractivity contribution < 1.29 is 18.3 Å². The smallest absolute Gasteiger partial charge is 0.387 e. The number of nitrogens with zero attached hydrogens (tertiary/aromatic N) is 2. The highest BCUT2D eigenvalue weighted by Gasteiger charge is 2.18. The summed E-state index contributed by atoms with van der Waals surface area (Å²) in [6.07, 6.45) is 1.76. The van der Waals surface area contributed by atoms with Crippen LogP contribution in [0.5, 0.6) is 5.75 Å². The molecule has 0 spiro atoms. The van der Waals surface area contributed by atoms with Gasteiger partial charge in [-0.25, -0.2) is 9.78 Å². The van der Waals surface area contributed by atoms with E-state index >= 15 is 0 Å². The Bertz CT molecular complexity index is 931. The fourth-order valence-corrected chi connectivity index (χ4v) is 3.40. The van der Waals surface area contributed by atoms with Crippen molar-refractivity contribution in [2.24, 2.45) is 0 Å². The lowest BCUT2D eigenvalue weighted by atomic mass is 10.1. The fraction of sp³-hybridized carbons (Fsp3) is 0.238. The lowest BCUT2D eigenvalue weighted by molar-refractivity contribution is -0.0498. The Balaban J connectivity index is 1.69. The molecule has 0 bridgehead atoms. The van der Waals surface area contributed by atoms with Gasteiger partial charge in [0.1, 0.15) is 10.8 Å². The van der Waals surface area contributed by atoms with Crippen molar-refractivity contribution in [2.45, 2.75) is 33.0 Å². The van der Waals surface area contributed by atoms with Crippen LogP contribution in [0.1, 0.15) is 19.4 Å². The third-order valence-electron chi connectivity index (χ3n) is 4.17. The van der Waals surface area contributed by atoms with E-state index in [0.29, 0.717) is 12.2 Å². The maximum atomic E-state index is 12.8. The Labute approximate surface area is 172 Å². The minimum Gasteiger partial charge on any atom is -0.435 e. The maximum absolute atomic E-state index is 12.8. The van der Waals surface area contributed by atoms with Gasteiger partial charge in [-0.05, 0) is 49.7 Å². The molecular weight excluding hydrogens is 396 g/mol. The second-order valence-electron chi connectivity index (χ2n) is 6.59. The van der Waals surface area contributed by atoms with Crippen molar-refractivity contribution >= 4 is 23.1 Å². The van der Waals surface area contributed by atoms with Crippen LogP contribution in [0.2, 0.25) is 0 Å².